The predicted octanol–water partition coefficient (Wildman–Crippen LogP) is 2.36. The summed E-state index contributed by atoms with van der Waals surface area (Å²) in [6, 6.07) is 6.56. The molecule has 0 amide bonds. The summed E-state index contributed by atoms with van der Waals surface area (Å²) in [5.74, 6) is -0.694. The van der Waals surface area contributed by atoms with Gasteiger partial charge in [-0.2, -0.15) is 0 Å². The Morgan fingerprint density at radius 3 is 2.40 bits per heavy atom. The number of hydrogen-bond acceptors (Lipinski definition) is 2. The fourth-order valence-electron chi connectivity index (χ4n) is 1.32. The van der Waals surface area contributed by atoms with Gasteiger partial charge in [-0.05, 0) is 24.1 Å². The Balaban J connectivity index is 2.79. The van der Waals surface area contributed by atoms with Crippen molar-refractivity contribution in [2.24, 2.45) is 0 Å². The predicted molar refractivity (Wildman–Crippen MR) is 57.8 cm³/mol. The van der Waals surface area contributed by atoms with Gasteiger partial charge < -0.3 is 10.2 Å². The zero-order valence-electron chi connectivity index (χ0n) is 8.60. The van der Waals surface area contributed by atoms with Crippen LogP contribution in [0, 0.1) is 0 Å². The van der Waals surface area contributed by atoms with Crippen molar-refractivity contribution in [3.63, 3.8) is 0 Å². The topological polar surface area (TPSA) is 57.5 Å². The van der Waals surface area contributed by atoms with Gasteiger partial charge in [0.1, 0.15) is 5.75 Å². The number of phenolic OH excluding ortho intramolecular Hbond substituents is 1. The summed E-state index contributed by atoms with van der Waals surface area (Å²) >= 11 is 0. The van der Waals surface area contributed by atoms with Crippen LogP contribution in [-0.2, 0) is 11.2 Å². The zero-order chi connectivity index (χ0) is 11.3. The smallest absolute Gasteiger partial charge is 0.331 e. The Labute approximate surface area is 88.7 Å². The summed E-state index contributed by atoms with van der Waals surface area (Å²) in [7, 11) is 0. The standard InChI is InChI=1S/C12H14O3/c1-2-3-10(12(14)15)8-9-4-6-11(13)7-5-9/h3-7,13H,2,8H2,1H3,(H,14,15)/b10-3+. The van der Waals surface area contributed by atoms with Gasteiger partial charge in [0.15, 0.2) is 0 Å². The summed E-state index contributed by atoms with van der Waals surface area (Å²) in [5, 5.41) is 18.0. The summed E-state index contributed by atoms with van der Waals surface area (Å²) in [5.41, 5.74) is 1.28. The lowest BCUT2D eigenvalue weighted by Gasteiger charge is -2.02. The van der Waals surface area contributed by atoms with Crippen LogP contribution >= 0.6 is 0 Å². The van der Waals surface area contributed by atoms with E-state index in [1.807, 2.05) is 6.92 Å². The van der Waals surface area contributed by atoms with E-state index in [0.29, 0.717) is 18.4 Å². The molecule has 1 aromatic carbocycles. The monoisotopic (exact) mass is 206 g/mol. The molecule has 0 fully saturated rings. The maximum Gasteiger partial charge on any atom is 0.331 e. The van der Waals surface area contributed by atoms with E-state index in [2.05, 4.69) is 0 Å². The van der Waals surface area contributed by atoms with Crippen molar-refractivity contribution in [2.75, 3.05) is 0 Å². The number of hydrogen-bond donors (Lipinski definition) is 2. The number of rotatable bonds is 4. The van der Waals surface area contributed by atoms with Crippen molar-refractivity contribution < 1.29 is 15.0 Å². The van der Waals surface area contributed by atoms with Crippen molar-refractivity contribution in [1.29, 1.82) is 0 Å². The number of carboxylic acids is 1. The summed E-state index contributed by atoms with van der Waals surface area (Å²) in [6.07, 6.45) is 2.80. The highest BCUT2D eigenvalue weighted by Gasteiger charge is 2.07. The van der Waals surface area contributed by atoms with Crippen molar-refractivity contribution in [2.45, 2.75) is 19.8 Å². The van der Waals surface area contributed by atoms with Gasteiger partial charge in [0, 0.05) is 12.0 Å². The van der Waals surface area contributed by atoms with Gasteiger partial charge in [0.25, 0.3) is 0 Å². The van der Waals surface area contributed by atoms with Crippen LogP contribution < -0.4 is 0 Å². The normalized spacial score (nSPS) is 11.4. The maximum atomic E-state index is 10.8. The second-order valence-corrected chi connectivity index (χ2v) is 3.29. The molecule has 0 heterocycles. The SMILES string of the molecule is CC/C=C(\Cc1ccc(O)cc1)C(=O)O. The van der Waals surface area contributed by atoms with Gasteiger partial charge in [0.2, 0.25) is 0 Å². The van der Waals surface area contributed by atoms with E-state index in [0.717, 1.165) is 5.56 Å². The lowest BCUT2D eigenvalue weighted by Crippen LogP contribution is -2.03. The van der Waals surface area contributed by atoms with E-state index in [1.165, 1.54) is 0 Å². The van der Waals surface area contributed by atoms with E-state index in [1.54, 1.807) is 30.3 Å². The molecule has 15 heavy (non-hydrogen) atoms. The Morgan fingerprint density at radius 1 is 1.33 bits per heavy atom. The van der Waals surface area contributed by atoms with Crippen molar-refractivity contribution in [3.8, 4) is 5.75 Å². The minimum Gasteiger partial charge on any atom is -0.508 e. The van der Waals surface area contributed by atoms with Crippen LogP contribution in [0.3, 0.4) is 0 Å². The quantitative estimate of drug-likeness (QED) is 0.743. The fraction of sp³-hybridized carbons (Fsp3) is 0.250. The molecule has 0 radical (unpaired) electrons. The highest BCUT2D eigenvalue weighted by molar-refractivity contribution is 5.87. The molecule has 0 bridgehead atoms. The Hall–Kier alpha value is -1.77. The summed E-state index contributed by atoms with van der Waals surface area (Å²) in [4.78, 5) is 10.8. The lowest BCUT2D eigenvalue weighted by molar-refractivity contribution is -0.132. The van der Waals surface area contributed by atoms with Crippen molar-refractivity contribution in [3.05, 3.63) is 41.5 Å². The van der Waals surface area contributed by atoms with Crippen LogP contribution in [0.1, 0.15) is 18.9 Å². The highest BCUT2D eigenvalue weighted by atomic mass is 16.4. The molecule has 0 aliphatic heterocycles. The van der Waals surface area contributed by atoms with Crippen LogP contribution in [0.5, 0.6) is 5.75 Å². The number of benzene rings is 1. The number of allylic oxidation sites excluding steroid dienone is 1. The molecule has 3 nitrogen and oxygen atoms in total. The van der Waals surface area contributed by atoms with Crippen LogP contribution in [0.2, 0.25) is 0 Å². The first kappa shape index (κ1) is 11.3. The van der Waals surface area contributed by atoms with E-state index >= 15 is 0 Å². The van der Waals surface area contributed by atoms with E-state index in [9.17, 15) is 4.79 Å². The van der Waals surface area contributed by atoms with Crippen molar-refractivity contribution in [1.82, 2.24) is 0 Å². The van der Waals surface area contributed by atoms with E-state index in [4.69, 9.17) is 10.2 Å². The van der Waals surface area contributed by atoms with Gasteiger partial charge in [0.05, 0.1) is 0 Å². The number of phenols is 1. The summed E-state index contributed by atoms with van der Waals surface area (Å²) < 4.78 is 0. The van der Waals surface area contributed by atoms with Crippen LogP contribution in [-0.4, -0.2) is 16.2 Å². The van der Waals surface area contributed by atoms with Gasteiger partial charge in [-0.25, -0.2) is 4.79 Å². The first-order chi connectivity index (χ1) is 7.13. The number of carboxylic acid groups (broad SMARTS) is 1. The van der Waals surface area contributed by atoms with Gasteiger partial charge in [-0.15, -0.1) is 0 Å². The second kappa shape index (κ2) is 5.20. The van der Waals surface area contributed by atoms with E-state index < -0.39 is 5.97 Å². The molecule has 3 heteroatoms. The fourth-order valence-corrected chi connectivity index (χ4v) is 1.32. The molecule has 0 unspecified atom stereocenters. The van der Waals surface area contributed by atoms with Gasteiger partial charge in [-0.3, -0.25) is 0 Å². The molecule has 0 aromatic heterocycles. The minimum atomic E-state index is -0.884. The molecule has 0 saturated carbocycles. The molecule has 2 N–H and O–H groups in total. The molecule has 0 aliphatic carbocycles. The molecular weight excluding hydrogens is 192 g/mol. The second-order valence-electron chi connectivity index (χ2n) is 3.29. The summed E-state index contributed by atoms with van der Waals surface area (Å²) in [6.45, 7) is 1.90. The average molecular weight is 206 g/mol. The molecule has 0 spiro atoms. The molecule has 0 aliphatic rings. The van der Waals surface area contributed by atoms with Gasteiger partial charge >= 0.3 is 5.97 Å². The van der Waals surface area contributed by atoms with Crippen molar-refractivity contribution >= 4 is 5.97 Å². The Kier molecular flexibility index (Phi) is 3.92. The molecule has 1 rings (SSSR count). The molecular formula is C12H14O3. The third-order valence-electron chi connectivity index (χ3n) is 2.06. The van der Waals surface area contributed by atoms with Crippen LogP contribution in [0.4, 0.5) is 0 Å². The number of aliphatic carboxylic acids is 1. The molecule has 0 atom stereocenters. The minimum absolute atomic E-state index is 0.190. The Bertz CT molecular complexity index is 363. The van der Waals surface area contributed by atoms with Crippen LogP contribution in [0.15, 0.2) is 35.9 Å². The highest BCUT2D eigenvalue weighted by Crippen LogP contribution is 2.13. The average Bonchev–Trinajstić information content (AvgIpc) is 2.20. The molecule has 1 aromatic rings. The van der Waals surface area contributed by atoms with Gasteiger partial charge in [-0.1, -0.05) is 25.1 Å². The third kappa shape index (κ3) is 3.46. The molecule has 0 saturated heterocycles. The lowest BCUT2D eigenvalue weighted by atomic mass is 10.0. The first-order valence-electron chi connectivity index (χ1n) is 4.83. The first-order valence-corrected chi connectivity index (χ1v) is 4.83. The Morgan fingerprint density at radius 2 is 1.93 bits per heavy atom. The zero-order valence-corrected chi connectivity index (χ0v) is 8.60. The van der Waals surface area contributed by atoms with Crippen LogP contribution in [0.25, 0.3) is 0 Å². The van der Waals surface area contributed by atoms with E-state index in [-0.39, 0.29) is 5.75 Å². The number of aromatic hydroxyl groups is 1. The largest absolute Gasteiger partial charge is 0.508 e. The number of carbonyl (C=O) groups is 1. The maximum absolute atomic E-state index is 10.8. The third-order valence-corrected chi connectivity index (χ3v) is 2.06. The molecule has 80 valence electrons.